The summed E-state index contributed by atoms with van der Waals surface area (Å²) >= 11 is 0. The van der Waals surface area contributed by atoms with Crippen molar-refractivity contribution in [3.05, 3.63) is 18.2 Å². The van der Waals surface area contributed by atoms with E-state index in [-0.39, 0.29) is 12.0 Å². The molecule has 0 saturated heterocycles. The van der Waals surface area contributed by atoms with Crippen molar-refractivity contribution in [1.29, 1.82) is 0 Å². The summed E-state index contributed by atoms with van der Waals surface area (Å²) in [6.45, 7) is 2.80. The zero-order valence-electron chi connectivity index (χ0n) is 9.36. The quantitative estimate of drug-likeness (QED) is 0.726. The molecule has 1 N–H and O–H groups in total. The number of nitrogens with zero attached hydrogens (tertiary/aromatic N) is 2. The number of aromatic nitrogens is 2. The summed E-state index contributed by atoms with van der Waals surface area (Å²) in [5, 5.41) is 3.23. The van der Waals surface area contributed by atoms with E-state index < -0.39 is 0 Å². The van der Waals surface area contributed by atoms with Crippen LogP contribution in [-0.4, -0.2) is 29.2 Å². The second-order valence-corrected chi connectivity index (χ2v) is 3.32. The summed E-state index contributed by atoms with van der Waals surface area (Å²) in [5.74, 6) is -0.220. The molecule has 1 atom stereocenters. The van der Waals surface area contributed by atoms with Crippen LogP contribution in [0.4, 0.5) is 0 Å². The molecular formula is C10H17N3O2. The van der Waals surface area contributed by atoms with Gasteiger partial charge in [0.25, 0.3) is 0 Å². The van der Waals surface area contributed by atoms with Gasteiger partial charge in [0, 0.05) is 13.2 Å². The van der Waals surface area contributed by atoms with E-state index in [4.69, 9.17) is 0 Å². The number of rotatable bonds is 5. The van der Waals surface area contributed by atoms with E-state index in [0.717, 1.165) is 12.2 Å². The lowest BCUT2D eigenvalue weighted by molar-refractivity contribution is -0.141. The van der Waals surface area contributed by atoms with E-state index in [0.29, 0.717) is 6.42 Å². The number of carbonyl (C=O) groups excluding carboxylic acids is 1. The van der Waals surface area contributed by atoms with Crippen LogP contribution in [0.15, 0.2) is 12.5 Å². The van der Waals surface area contributed by atoms with E-state index in [2.05, 4.69) is 15.0 Å². The van der Waals surface area contributed by atoms with Crippen molar-refractivity contribution < 1.29 is 9.53 Å². The van der Waals surface area contributed by atoms with Crippen molar-refractivity contribution in [3.63, 3.8) is 0 Å². The van der Waals surface area contributed by atoms with Gasteiger partial charge >= 0.3 is 5.97 Å². The fourth-order valence-electron chi connectivity index (χ4n) is 1.48. The Hall–Kier alpha value is -1.36. The van der Waals surface area contributed by atoms with E-state index in [9.17, 15) is 4.79 Å². The van der Waals surface area contributed by atoms with Gasteiger partial charge in [-0.05, 0) is 6.54 Å². The number of imidazole rings is 1. The van der Waals surface area contributed by atoms with Crippen LogP contribution in [0, 0.1) is 0 Å². The number of esters is 1. The van der Waals surface area contributed by atoms with Crippen molar-refractivity contribution in [2.75, 3.05) is 13.7 Å². The summed E-state index contributed by atoms with van der Waals surface area (Å²) in [6, 6.07) is -0.0325. The minimum absolute atomic E-state index is 0.0325. The Balaban J connectivity index is 2.74. The number of ether oxygens (including phenoxy) is 1. The molecule has 1 rings (SSSR count). The molecule has 5 heteroatoms. The Kier molecular flexibility index (Phi) is 4.30. The van der Waals surface area contributed by atoms with Crippen molar-refractivity contribution in [2.24, 2.45) is 7.05 Å². The van der Waals surface area contributed by atoms with E-state index in [1.807, 2.05) is 18.5 Å². The molecule has 0 amide bonds. The van der Waals surface area contributed by atoms with Gasteiger partial charge in [-0.1, -0.05) is 6.92 Å². The van der Waals surface area contributed by atoms with Crippen LogP contribution in [0.2, 0.25) is 0 Å². The van der Waals surface area contributed by atoms with Crippen LogP contribution < -0.4 is 5.32 Å². The lowest BCUT2D eigenvalue weighted by atomic mass is 10.1. The molecule has 84 valence electrons. The maximum absolute atomic E-state index is 11.2. The summed E-state index contributed by atoms with van der Waals surface area (Å²) in [5.41, 5.74) is 0.988. The Morgan fingerprint density at radius 1 is 1.73 bits per heavy atom. The summed E-state index contributed by atoms with van der Waals surface area (Å²) in [7, 11) is 3.30. The number of hydrogen-bond donors (Lipinski definition) is 1. The van der Waals surface area contributed by atoms with Crippen molar-refractivity contribution in [3.8, 4) is 0 Å². The SMILES string of the molecule is CCNC(CC(=O)OC)c1cncn1C. The van der Waals surface area contributed by atoms with E-state index in [1.165, 1.54) is 7.11 Å². The van der Waals surface area contributed by atoms with Gasteiger partial charge in [0.2, 0.25) is 0 Å². The zero-order chi connectivity index (χ0) is 11.3. The van der Waals surface area contributed by atoms with Gasteiger partial charge < -0.3 is 14.6 Å². The first-order valence-electron chi connectivity index (χ1n) is 4.95. The minimum Gasteiger partial charge on any atom is -0.469 e. The molecule has 1 unspecified atom stereocenters. The van der Waals surface area contributed by atoms with Crippen molar-refractivity contribution in [1.82, 2.24) is 14.9 Å². The molecule has 0 aliphatic rings. The molecule has 0 radical (unpaired) electrons. The average Bonchev–Trinajstić information content (AvgIpc) is 2.63. The van der Waals surface area contributed by atoms with Gasteiger partial charge in [0.05, 0.1) is 31.6 Å². The number of methoxy groups -OCH3 is 1. The molecule has 5 nitrogen and oxygen atoms in total. The van der Waals surface area contributed by atoms with Crippen LogP contribution in [0.5, 0.6) is 0 Å². The fraction of sp³-hybridized carbons (Fsp3) is 0.600. The smallest absolute Gasteiger partial charge is 0.307 e. The zero-order valence-corrected chi connectivity index (χ0v) is 9.36. The van der Waals surface area contributed by atoms with Gasteiger partial charge in [-0.2, -0.15) is 0 Å². The Bertz CT molecular complexity index is 322. The van der Waals surface area contributed by atoms with Gasteiger partial charge in [0.1, 0.15) is 0 Å². The first kappa shape index (κ1) is 11.7. The largest absolute Gasteiger partial charge is 0.469 e. The Morgan fingerprint density at radius 2 is 2.47 bits per heavy atom. The standard InChI is InChI=1S/C10H17N3O2/c1-4-12-8(5-10(14)15-3)9-6-11-7-13(9)2/h6-8,12H,4-5H2,1-3H3. The lowest BCUT2D eigenvalue weighted by Gasteiger charge is -2.16. The maximum Gasteiger partial charge on any atom is 0.307 e. The highest BCUT2D eigenvalue weighted by molar-refractivity contribution is 5.70. The molecule has 0 bridgehead atoms. The van der Waals surface area contributed by atoms with Gasteiger partial charge in [-0.3, -0.25) is 4.79 Å². The monoisotopic (exact) mass is 211 g/mol. The highest BCUT2D eigenvalue weighted by atomic mass is 16.5. The summed E-state index contributed by atoms with van der Waals surface area (Å²) < 4.78 is 6.56. The second kappa shape index (κ2) is 5.50. The highest BCUT2D eigenvalue weighted by Gasteiger charge is 2.17. The Labute approximate surface area is 89.4 Å². The Morgan fingerprint density at radius 3 is 2.93 bits per heavy atom. The molecule has 0 spiro atoms. The van der Waals surface area contributed by atoms with Gasteiger partial charge in [0.15, 0.2) is 0 Å². The molecule has 0 saturated carbocycles. The number of hydrogen-bond acceptors (Lipinski definition) is 4. The van der Waals surface area contributed by atoms with Crippen LogP contribution in [0.1, 0.15) is 25.1 Å². The first-order valence-corrected chi connectivity index (χ1v) is 4.95. The molecule has 0 fully saturated rings. The van der Waals surface area contributed by atoms with E-state index >= 15 is 0 Å². The fourth-order valence-corrected chi connectivity index (χ4v) is 1.48. The molecule has 0 aliphatic heterocycles. The summed E-state index contributed by atoms with van der Waals surface area (Å²) in [4.78, 5) is 15.2. The minimum atomic E-state index is -0.220. The lowest BCUT2D eigenvalue weighted by Crippen LogP contribution is -2.25. The number of carbonyl (C=O) groups is 1. The van der Waals surface area contributed by atoms with Crippen LogP contribution in [-0.2, 0) is 16.6 Å². The average molecular weight is 211 g/mol. The predicted octanol–water partition coefficient (Wildman–Crippen LogP) is 0.634. The highest BCUT2D eigenvalue weighted by Crippen LogP contribution is 2.15. The van der Waals surface area contributed by atoms with Gasteiger partial charge in [-0.25, -0.2) is 4.98 Å². The van der Waals surface area contributed by atoms with Crippen molar-refractivity contribution in [2.45, 2.75) is 19.4 Å². The normalized spacial score (nSPS) is 12.5. The van der Waals surface area contributed by atoms with E-state index in [1.54, 1.807) is 12.5 Å². The third-order valence-corrected chi connectivity index (χ3v) is 2.26. The molecule has 15 heavy (non-hydrogen) atoms. The molecule has 0 aromatic carbocycles. The third kappa shape index (κ3) is 3.06. The summed E-state index contributed by atoms with van der Waals surface area (Å²) in [6.07, 6.45) is 3.80. The first-order chi connectivity index (χ1) is 7.19. The molecule has 1 aromatic rings. The van der Waals surface area contributed by atoms with Crippen LogP contribution in [0.3, 0.4) is 0 Å². The predicted molar refractivity (Wildman–Crippen MR) is 56.3 cm³/mol. The third-order valence-electron chi connectivity index (χ3n) is 2.26. The molecular weight excluding hydrogens is 194 g/mol. The topological polar surface area (TPSA) is 56.1 Å². The number of aryl methyl sites for hydroxylation is 1. The second-order valence-electron chi connectivity index (χ2n) is 3.32. The molecule has 1 aromatic heterocycles. The molecule has 1 heterocycles. The maximum atomic E-state index is 11.2. The molecule has 0 aliphatic carbocycles. The van der Waals surface area contributed by atoms with Gasteiger partial charge in [-0.15, -0.1) is 0 Å². The van der Waals surface area contributed by atoms with Crippen LogP contribution in [0.25, 0.3) is 0 Å². The number of nitrogens with one attached hydrogen (secondary N) is 1. The van der Waals surface area contributed by atoms with Crippen molar-refractivity contribution >= 4 is 5.97 Å². The van der Waals surface area contributed by atoms with Crippen LogP contribution >= 0.6 is 0 Å².